The Morgan fingerprint density at radius 3 is 2.55 bits per heavy atom. The van der Waals surface area contributed by atoms with Gasteiger partial charge in [0.2, 0.25) is 11.9 Å². The van der Waals surface area contributed by atoms with E-state index >= 15 is 0 Å². The Hall–Kier alpha value is -2.91. The second kappa shape index (κ2) is 9.93. The average molecular weight is 442 g/mol. The zero-order valence-electron chi connectivity index (χ0n) is 17.2. The minimum atomic E-state index is -0.297. The maximum Gasteiger partial charge on any atom is 0.232 e. The predicted molar refractivity (Wildman–Crippen MR) is 118 cm³/mol. The van der Waals surface area contributed by atoms with Crippen LogP contribution in [0.4, 0.5) is 10.3 Å². The van der Waals surface area contributed by atoms with Crippen molar-refractivity contribution >= 4 is 23.6 Å². The van der Waals surface area contributed by atoms with Crippen LogP contribution in [0.2, 0.25) is 0 Å². The molecule has 1 saturated heterocycles. The third-order valence-electron chi connectivity index (χ3n) is 5.00. The molecule has 1 aliphatic rings. The van der Waals surface area contributed by atoms with Gasteiger partial charge in [-0.25, -0.2) is 4.39 Å². The molecule has 3 aromatic rings. The van der Waals surface area contributed by atoms with E-state index in [9.17, 15) is 9.18 Å². The molecule has 1 fully saturated rings. The number of morpholine rings is 1. The maximum absolute atomic E-state index is 13.1. The Bertz CT molecular complexity index is 1010. The summed E-state index contributed by atoms with van der Waals surface area (Å²) in [6, 6.07) is 15.8. The molecule has 1 amide bonds. The first-order valence-corrected chi connectivity index (χ1v) is 11.1. The zero-order valence-corrected chi connectivity index (χ0v) is 18.0. The summed E-state index contributed by atoms with van der Waals surface area (Å²) in [6.07, 6.45) is 0. The minimum Gasteiger partial charge on any atom is -0.378 e. The summed E-state index contributed by atoms with van der Waals surface area (Å²) >= 11 is 1.33. The maximum atomic E-state index is 13.1. The van der Waals surface area contributed by atoms with E-state index in [-0.39, 0.29) is 23.5 Å². The van der Waals surface area contributed by atoms with Crippen LogP contribution in [0.5, 0.6) is 0 Å². The number of amides is 1. The number of benzene rings is 2. The van der Waals surface area contributed by atoms with Crippen molar-refractivity contribution in [3.05, 3.63) is 66.0 Å². The molecule has 1 N–H and O–H groups in total. The highest BCUT2D eigenvalue weighted by Gasteiger charge is 2.22. The molecule has 0 radical (unpaired) electrons. The summed E-state index contributed by atoms with van der Waals surface area (Å²) in [5, 5.41) is 12.4. The van der Waals surface area contributed by atoms with E-state index in [2.05, 4.69) is 20.4 Å². The Labute approximate surface area is 184 Å². The predicted octanol–water partition coefficient (Wildman–Crippen LogP) is 3.21. The van der Waals surface area contributed by atoms with Crippen molar-refractivity contribution in [2.45, 2.75) is 18.1 Å². The fourth-order valence-corrected chi connectivity index (χ4v) is 4.13. The number of aromatic nitrogens is 3. The standard InChI is InChI=1S/C22H24FN5O2S/c1-16(17-7-9-18(23)10-8-17)24-20(29)15-31-22-26-25-21(27-11-13-30-14-12-27)28(22)19-5-3-2-4-6-19/h2-10,16H,11-15H2,1H3,(H,24,29). The first-order valence-electron chi connectivity index (χ1n) is 10.1. The Morgan fingerprint density at radius 2 is 1.84 bits per heavy atom. The number of rotatable bonds is 7. The molecule has 0 bridgehead atoms. The number of halogens is 1. The molecule has 162 valence electrons. The summed E-state index contributed by atoms with van der Waals surface area (Å²) in [6.45, 7) is 4.65. The van der Waals surface area contributed by atoms with Crippen molar-refractivity contribution in [2.24, 2.45) is 0 Å². The van der Waals surface area contributed by atoms with Crippen LogP contribution in [0.25, 0.3) is 5.69 Å². The quantitative estimate of drug-likeness (QED) is 0.568. The number of carbonyl (C=O) groups is 1. The van der Waals surface area contributed by atoms with Gasteiger partial charge in [0, 0.05) is 13.1 Å². The molecule has 7 nitrogen and oxygen atoms in total. The van der Waals surface area contributed by atoms with E-state index in [1.165, 1.54) is 23.9 Å². The first kappa shape index (κ1) is 21.3. The second-order valence-corrected chi connectivity index (χ2v) is 8.12. The molecule has 4 rings (SSSR count). The SMILES string of the molecule is CC(NC(=O)CSc1nnc(N2CCOCC2)n1-c1ccccc1)c1ccc(F)cc1. The molecule has 31 heavy (non-hydrogen) atoms. The summed E-state index contributed by atoms with van der Waals surface area (Å²) in [5.41, 5.74) is 1.79. The van der Waals surface area contributed by atoms with Gasteiger partial charge < -0.3 is 15.0 Å². The third-order valence-corrected chi connectivity index (χ3v) is 5.93. The number of hydrogen-bond acceptors (Lipinski definition) is 6. The minimum absolute atomic E-state index is 0.127. The van der Waals surface area contributed by atoms with Crippen molar-refractivity contribution in [1.29, 1.82) is 0 Å². The Kier molecular flexibility index (Phi) is 6.83. The van der Waals surface area contributed by atoms with Crippen molar-refractivity contribution in [3.63, 3.8) is 0 Å². The molecule has 0 saturated carbocycles. The molecule has 1 atom stereocenters. The van der Waals surface area contributed by atoms with Crippen molar-refractivity contribution in [3.8, 4) is 5.69 Å². The van der Waals surface area contributed by atoms with Crippen molar-refractivity contribution < 1.29 is 13.9 Å². The number of para-hydroxylation sites is 1. The lowest BCUT2D eigenvalue weighted by atomic mass is 10.1. The fourth-order valence-electron chi connectivity index (χ4n) is 3.37. The largest absolute Gasteiger partial charge is 0.378 e. The van der Waals surface area contributed by atoms with Crippen molar-refractivity contribution in [1.82, 2.24) is 20.1 Å². The molecule has 9 heteroatoms. The highest BCUT2D eigenvalue weighted by molar-refractivity contribution is 7.99. The van der Waals surface area contributed by atoms with Gasteiger partial charge in [-0.3, -0.25) is 9.36 Å². The number of anilines is 1. The molecule has 2 heterocycles. The van der Waals surface area contributed by atoms with Gasteiger partial charge in [-0.05, 0) is 36.8 Å². The summed E-state index contributed by atoms with van der Waals surface area (Å²) in [4.78, 5) is 14.7. The topological polar surface area (TPSA) is 72.3 Å². The Morgan fingerprint density at radius 1 is 1.13 bits per heavy atom. The highest BCUT2D eigenvalue weighted by atomic mass is 32.2. The number of carbonyl (C=O) groups excluding carboxylic acids is 1. The lowest BCUT2D eigenvalue weighted by Gasteiger charge is -2.27. The van der Waals surface area contributed by atoms with Gasteiger partial charge in [-0.15, -0.1) is 10.2 Å². The molecule has 2 aromatic carbocycles. The van der Waals surface area contributed by atoms with E-state index in [0.717, 1.165) is 30.3 Å². The molecular weight excluding hydrogens is 417 g/mol. The van der Waals surface area contributed by atoms with Crippen LogP contribution in [-0.4, -0.2) is 52.7 Å². The van der Waals surface area contributed by atoms with E-state index in [4.69, 9.17) is 4.74 Å². The van der Waals surface area contributed by atoms with Gasteiger partial charge in [0.1, 0.15) is 5.82 Å². The third kappa shape index (κ3) is 5.23. The normalized spacial score (nSPS) is 15.0. The first-order chi connectivity index (χ1) is 15.1. The van der Waals surface area contributed by atoms with Crippen LogP contribution in [-0.2, 0) is 9.53 Å². The van der Waals surface area contributed by atoms with Gasteiger partial charge in [0.05, 0.1) is 30.7 Å². The molecular formula is C22H24FN5O2S. The molecule has 1 unspecified atom stereocenters. The number of thioether (sulfide) groups is 1. The van der Waals surface area contributed by atoms with Crippen LogP contribution >= 0.6 is 11.8 Å². The fraction of sp³-hybridized carbons (Fsp3) is 0.318. The average Bonchev–Trinajstić information content (AvgIpc) is 3.23. The number of nitrogens with zero attached hydrogens (tertiary/aromatic N) is 4. The monoisotopic (exact) mass is 441 g/mol. The number of nitrogens with one attached hydrogen (secondary N) is 1. The van der Waals surface area contributed by atoms with Gasteiger partial charge in [0.25, 0.3) is 0 Å². The van der Waals surface area contributed by atoms with E-state index < -0.39 is 0 Å². The lowest BCUT2D eigenvalue weighted by Crippen LogP contribution is -2.37. The number of ether oxygens (including phenoxy) is 1. The van der Waals surface area contributed by atoms with E-state index in [1.54, 1.807) is 12.1 Å². The number of hydrogen-bond donors (Lipinski definition) is 1. The van der Waals surface area contributed by atoms with Crippen LogP contribution in [0.3, 0.4) is 0 Å². The Balaban J connectivity index is 1.47. The molecule has 0 aliphatic carbocycles. The molecule has 1 aliphatic heterocycles. The van der Waals surface area contributed by atoms with E-state index in [0.29, 0.717) is 18.4 Å². The lowest BCUT2D eigenvalue weighted by molar-refractivity contribution is -0.119. The second-order valence-electron chi connectivity index (χ2n) is 7.18. The summed E-state index contributed by atoms with van der Waals surface area (Å²) in [7, 11) is 0. The zero-order chi connectivity index (χ0) is 21.6. The van der Waals surface area contributed by atoms with Crippen molar-refractivity contribution in [2.75, 3.05) is 37.0 Å². The summed E-state index contributed by atoms with van der Waals surface area (Å²) in [5.74, 6) is 0.517. The van der Waals surface area contributed by atoms with Gasteiger partial charge in [0.15, 0.2) is 5.16 Å². The van der Waals surface area contributed by atoms with Gasteiger partial charge >= 0.3 is 0 Å². The van der Waals surface area contributed by atoms with Crippen LogP contribution in [0.15, 0.2) is 59.8 Å². The van der Waals surface area contributed by atoms with Gasteiger partial charge in [-0.1, -0.05) is 42.1 Å². The molecule has 1 aromatic heterocycles. The van der Waals surface area contributed by atoms with Crippen LogP contribution in [0.1, 0.15) is 18.5 Å². The molecule has 0 spiro atoms. The smallest absolute Gasteiger partial charge is 0.232 e. The van der Waals surface area contributed by atoms with E-state index in [1.807, 2.05) is 41.8 Å². The highest BCUT2D eigenvalue weighted by Crippen LogP contribution is 2.27. The van der Waals surface area contributed by atoms with Crippen LogP contribution in [0, 0.1) is 5.82 Å². The van der Waals surface area contributed by atoms with Crippen LogP contribution < -0.4 is 10.2 Å². The van der Waals surface area contributed by atoms with Gasteiger partial charge in [-0.2, -0.15) is 0 Å². The summed E-state index contributed by atoms with van der Waals surface area (Å²) < 4.78 is 20.6.